The Labute approximate surface area is 181 Å². The number of nitrogens with one attached hydrogen (secondary N) is 1. The highest BCUT2D eigenvalue weighted by atomic mass is 16.5. The number of benzene rings is 2. The second kappa shape index (κ2) is 9.75. The molecule has 1 N–H and O–H groups in total. The van der Waals surface area contributed by atoms with Gasteiger partial charge in [-0.05, 0) is 51.1 Å². The molecule has 1 amide bonds. The minimum absolute atomic E-state index is 0.0920. The van der Waals surface area contributed by atoms with Gasteiger partial charge in [-0.3, -0.25) is 9.59 Å². The summed E-state index contributed by atoms with van der Waals surface area (Å²) in [5, 5.41) is 8.89. The fourth-order valence-electron chi connectivity index (χ4n) is 3.90. The quantitative estimate of drug-likeness (QED) is 0.606. The van der Waals surface area contributed by atoms with Gasteiger partial charge in [0.1, 0.15) is 5.75 Å². The lowest BCUT2D eigenvalue weighted by Crippen LogP contribution is -2.37. The minimum atomic E-state index is -0.644. The topological polar surface area (TPSA) is 76.5 Å². The van der Waals surface area contributed by atoms with Crippen LogP contribution in [-0.2, 0) is 17.9 Å². The summed E-state index contributed by atoms with van der Waals surface area (Å²) < 4.78 is 7.23. The molecule has 1 atom stereocenters. The van der Waals surface area contributed by atoms with E-state index in [-0.39, 0.29) is 18.0 Å². The van der Waals surface area contributed by atoms with Crippen LogP contribution in [0.4, 0.5) is 0 Å². The maximum Gasteiger partial charge on any atom is 0.274 e. The van der Waals surface area contributed by atoms with E-state index in [4.69, 9.17) is 4.74 Å². The third-order valence-corrected chi connectivity index (χ3v) is 5.63. The first-order valence-electron chi connectivity index (χ1n) is 10.8. The summed E-state index contributed by atoms with van der Waals surface area (Å²) in [4.78, 5) is 27.8. The van der Waals surface area contributed by atoms with E-state index < -0.39 is 6.10 Å². The molecule has 0 radical (unpaired) electrons. The first kappa shape index (κ1) is 21.1. The Morgan fingerprint density at radius 2 is 1.71 bits per heavy atom. The second-order valence-corrected chi connectivity index (χ2v) is 7.86. The molecule has 0 bridgehead atoms. The monoisotopic (exact) mass is 420 g/mol. The van der Waals surface area contributed by atoms with Gasteiger partial charge in [0.2, 0.25) is 0 Å². The summed E-state index contributed by atoms with van der Waals surface area (Å²) >= 11 is 0. The molecule has 162 valence electrons. The lowest BCUT2D eigenvalue weighted by atomic mass is 10.1. The summed E-state index contributed by atoms with van der Waals surface area (Å²) in [5.41, 5.74) is 0.586. The SMILES string of the molecule is CC(Oc1ccccc1)C(=O)NCc1nn(CCN2CCCC2)c(=O)c2ccccc12. The zero-order valence-corrected chi connectivity index (χ0v) is 17.8. The fraction of sp³-hybridized carbons (Fsp3) is 0.375. The minimum Gasteiger partial charge on any atom is -0.481 e. The van der Waals surface area contributed by atoms with Gasteiger partial charge in [0.15, 0.2) is 6.10 Å². The Balaban J connectivity index is 1.48. The molecule has 0 saturated carbocycles. The van der Waals surface area contributed by atoms with Gasteiger partial charge in [0, 0.05) is 11.9 Å². The van der Waals surface area contributed by atoms with Gasteiger partial charge in [-0.1, -0.05) is 36.4 Å². The van der Waals surface area contributed by atoms with E-state index in [2.05, 4.69) is 15.3 Å². The molecule has 0 spiro atoms. The molecule has 0 aliphatic carbocycles. The number of hydrogen-bond acceptors (Lipinski definition) is 5. The number of fused-ring (bicyclic) bond motifs is 1. The van der Waals surface area contributed by atoms with Crippen molar-refractivity contribution in [1.29, 1.82) is 0 Å². The number of hydrogen-bond donors (Lipinski definition) is 1. The summed E-state index contributed by atoms with van der Waals surface area (Å²) in [6.45, 7) is 5.43. The summed E-state index contributed by atoms with van der Waals surface area (Å²) in [7, 11) is 0. The van der Waals surface area contributed by atoms with Crippen LogP contribution in [0.5, 0.6) is 5.75 Å². The van der Waals surface area contributed by atoms with Crippen molar-refractivity contribution in [1.82, 2.24) is 20.0 Å². The summed E-state index contributed by atoms with van der Waals surface area (Å²) in [6, 6.07) is 16.7. The number of para-hydroxylation sites is 1. The maximum absolute atomic E-state index is 12.9. The lowest BCUT2D eigenvalue weighted by molar-refractivity contribution is -0.127. The number of ether oxygens (including phenoxy) is 1. The molecule has 1 unspecified atom stereocenters. The third-order valence-electron chi connectivity index (χ3n) is 5.63. The Hall–Kier alpha value is -3.19. The van der Waals surface area contributed by atoms with Crippen LogP contribution in [0.1, 0.15) is 25.5 Å². The van der Waals surface area contributed by atoms with Gasteiger partial charge in [-0.25, -0.2) is 4.68 Å². The number of nitrogens with zero attached hydrogens (tertiary/aromatic N) is 3. The highest BCUT2D eigenvalue weighted by Gasteiger charge is 2.17. The van der Waals surface area contributed by atoms with E-state index in [1.807, 2.05) is 54.6 Å². The van der Waals surface area contributed by atoms with Crippen molar-refractivity contribution >= 4 is 16.7 Å². The third kappa shape index (κ3) is 5.11. The molecule has 7 nitrogen and oxygen atoms in total. The highest BCUT2D eigenvalue weighted by Crippen LogP contribution is 2.14. The van der Waals surface area contributed by atoms with Crippen LogP contribution in [0.15, 0.2) is 59.4 Å². The zero-order chi connectivity index (χ0) is 21.6. The average Bonchev–Trinajstić information content (AvgIpc) is 3.32. The van der Waals surface area contributed by atoms with Gasteiger partial charge >= 0.3 is 0 Å². The molecule has 3 aromatic rings. The zero-order valence-electron chi connectivity index (χ0n) is 17.8. The first-order valence-corrected chi connectivity index (χ1v) is 10.8. The van der Waals surface area contributed by atoms with E-state index in [1.165, 1.54) is 17.5 Å². The van der Waals surface area contributed by atoms with Crippen LogP contribution >= 0.6 is 0 Å². The standard InChI is InChI=1S/C24H28N4O3/c1-18(31-19-9-3-2-4-10-19)23(29)25-17-22-20-11-5-6-12-21(20)24(30)28(26-22)16-15-27-13-7-8-14-27/h2-6,9-12,18H,7-8,13-17H2,1H3,(H,25,29). The summed E-state index contributed by atoms with van der Waals surface area (Å²) in [5.74, 6) is 0.411. The molecule has 1 aliphatic rings. The van der Waals surface area contributed by atoms with Crippen molar-refractivity contribution in [3.8, 4) is 5.75 Å². The number of likely N-dealkylation sites (tertiary alicyclic amines) is 1. The van der Waals surface area contributed by atoms with Crippen LogP contribution in [0.3, 0.4) is 0 Å². The molecule has 1 fully saturated rings. The molecule has 4 rings (SSSR count). The summed E-state index contributed by atoms with van der Waals surface area (Å²) in [6.07, 6.45) is 1.77. The largest absolute Gasteiger partial charge is 0.481 e. The molecule has 31 heavy (non-hydrogen) atoms. The van der Waals surface area contributed by atoms with E-state index in [0.29, 0.717) is 23.4 Å². The number of aromatic nitrogens is 2. The number of carbonyl (C=O) groups is 1. The van der Waals surface area contributed by atoms with Gasteiger partial charge in [0.25, 0.3) is 11.5 Å². The van der Waals surface area contributed by atoms with Crippen molar-refractivity contribution in [2.45, 2.75) is 39.0 Å². The van der Waals surface area contributed by atoms with Crippen LogP contribution in [0.25, 0.3) is 10.8 Å². The van der Waals surface area contributed by atoms with Crippen LogP contribution < -0.4 is 15.6 Å². The van der Waals surface area contributed by atoms with E-state index in [0.717, 1.165) is 25.0 Å². The van der Waals surface area contributed by atoms with Gasteiger partial charge in [0.05, 0.1) is 24.2 Å². The molecular weight excluding hydrogens is 392 g/mol. The predicted molar refractivity (Wildman–Crippen MR) is 120 cm³/mol. The molecule has 2 heterocycles. The number of carbonyl (C=O) groups excluding carboxylic acids is 1. The van der Waals surface area contributed by atoms with E-state index >= 15 is 0 Å². The van der Waals surface area contributed by atoms with Crippen LogP contribution in [0, 0.1) is 0 Å². The van der Waals surface area contributed by atoms with E-state index in [9.17, 15) is 9.59 Å². The molecular formula is C24H28N4O3. The van der Waals surface area contributed by atoms with Crippen molar-refractivity contribution in [2.24, 2.45) is 0 Å². The van der Waals surface area contributed by atoms with Crippen molar-refractivity contribution in [3.63, 3.8) is 0 Å². The normalized spacial score (nSPS) is 15.1. The van der Waals surface area contributed by atoms with Crippen LogP contribution in [-0.4, -0.2) is 46.3 Å². The predicted octanol–water partition coefficient (Wildman–Crippen LogP) is 2.58. The van der Waals surface area contributed by atoms with Crippen LogP contribution in [0.2, 0.25) is 0 Å². The number of amides is 1. The van der Waals surface area contributed by atoms with Gasteiger partial charge < -0.3 is 15.0 Å². The lowest BCUT2D eigenvalue weighted by Gasteiger charge is -2.17. The molecule has 1 saturated heterocycles. The fourth-order valence-corrected chi connectivity index (χ4v) is 3.90. The van der Waals surface area contributed by atoms with Crippen molar-refractivity contribution < 1.29 is 9.53 Å². The number of rotatable bonds is 8. The molecule has 1 aliphatic heterocycles. The molecule has 7 heteroatoms. The van der Waals surface area contributed by atoms with Crippen molar-refractivity contribution in [3.05, 3.63) is 70.6 Å². The molecule has 2 aromatic carbocycles. The van der Waals surface area contributed by atoms with Crippen molar-refractivity contribution in [2.75, 3.05) is 19.6 Å². The maximum atomic E-state index is 12.9. The first-order chi connectivity index (χ1) is 15.1. The smallest absolute Gasteiger partial charge is 0.274 e. The second-order valence-electron chi connectivity index (χ2n) is 7.86. The van der Waals surface area contributed by atoms with E-state index in [1.54, 1.807) is 6.92 Å². The Kier molecular flexibility index (Phi) is 6.62. The van der Waals surface area contributed by atoms with Gasteiger partial charge in [-0.15, -0.1) is 0 Å². The Morgan fingerprint density at radius 1 is 1.03 bits per heavy atom. The highest BCUT2D eigenvalue weighted by molar-refractivity contribution is 5.85. The Morgan fingerprint density at radius 3 is 2.45 bits per heavy atom. The average molecular weight is 421 g/mol. The molecule has 1 aromatic heterocycles. The Bertz CT molecular complexity index is 1090. The van der Waals surface area contributed by atoms with Gasteiger partial charge in [-0.2, -0.15) is 5.10 Å².